The van der Waals surface area contributed by atoms with Gasteiger partial charge in [-0.15, -0.1) is 0 Å². The number of benzene rings is 2. The Balaban J connectivity index is 1.66. The highest BCUT2D eigenvalue weighted by Gasteiger charge is 2.20. The number of hydrogen-bond donors (Lipinski definition) is 1. The van der Waals surface area contributed by atoms with E-state index in [2.05, 4.69) is 5.32 Å². The van der Waals surface area contributed by atoms with Crippen LogP contribution >= 0.6 is 0 Å². The topological polar surface area (TPSA) is 68.5 Å². The molecule has 5 heteroatoms. The molecule has 0 aliphatic heterocycles. The molecule has 0 fully saturated rings. The molecule has 0 radical (unpaired) electrons. The minimum Gasteiger partial charge on any atom is -0.467 e. The first-order valence-corrected chi connectivity index (χ1v) is 7.64. The van der Waals surface area contributed by atoms with Crippen LogP contribution in [0.1, 0.15) is 23.0 Å². The van der Waals surface area contributed by atoms with Gasteiger partial charge in [-0.05, 0) is 35.9 Å². The normalized spacial score (nSPS) is 11.9. The molecule has 1 atom stereocenters. The van der Waals surface area contributed by atoms with Crippen LogP contribution in [-0.2, 0) is 16.1 Å². The summed E-state index contributed by atoms with van der Waals surface area (Å²) in [6, 6.07) is 16.4. The first-order valence-electron chi connectivity index (χ1n) is 7.64. The predicted octanol–water partition coefficient (Wildman–Crippen LogP) is 3.29. The number of hydrogen-bond acceptors (Lipinski definition) is 4. The van der Waals surface area contributed by atoms with Gasteiger partial charge in [0, 0.05) is 0 Å². The van der Waals surface area contributed by atoms with Crippen molar-refractivity contribution in [2.75, 3.05) is 0 Å². The molecule has 1 heterocycles. The molecule has 0 bridgehead atoms. The number of amides is 1. The summed E-state index contributed by atoms with van der Waals surface area (Å²) in [5.74, 6) is -0.261. The quantitative estimate of drug-likeness (QED) is 0.732. The van der Waals surface area contributed by atoms with Crippen LogP contribution in [0.5, 0.6) is 0 Å². The Bertz CT molecular complexity index is 849. The van der Waals surface area contributed by atoms with E-state index < -0.39 is 12.1 Å². The average Bonchev–Trinajstić information content (AvgIpc) is 3.12. The number of carbonyl (C=O) groups excluding carboxylic acids is 2. The van der Waals surface area contributed by atoms with Crippen LogP contribution in [0.15, 0.2) is 65.3 Å². The molecule has 2 aromatic carbocycles. The molecule has 0 saturated carbocycles. The summed E-state index contributed by atoms with van der Waals surface area (Å²) in [6.07, 6.45) is 0.636. The molecule has 1 unspecified atom stereocenters. The molecule has 1 N–H and O–H groups in total. The number of rotatable bonds is 5. The fourth-order valence-electron chi connectivity index (χ4n) is 2.41. The summed E-state index contributed by atoms with van der Waals surface area (Å²) < 4.78 is 10.4. The van der Waals surface area contributed by atoms with Crippen molar-refractivity contribution >= 4 is 22.6 Å². The second kappa shape index (κ2) is 7.00. The van der Waals surface area contributed by atoms with Crippen molar-refractivity contribution in [1.29, 1.82) is 0 Å². The van der Waals surface area contributed by atoms with Crippen molar-refractivity contribution in [3.8, 4) is 0 Å². The molecule has 3 aromatic rings. The summed E-state index contributed by atoms with van der Waals surface area (Å²) in [5, 5.41) is 4.41. The van der Waals surface area contributed by atoms with Gasteiger partial charge >= 0.3 is 5.97 Å². The van der Waals surface area contributed by atoms with Gasteiger partial charge in [-0.25, -0.2) is 4.79 Å². The minimum absolute atomic E-state index is 0.252. The van der Waals surface area contributed by atoms with E-state index in [0.717, 1.165) is 10.8 Å². The summed E-state index contributed by atoms with van der Waals surface area (Å²) in [4.78, 5) is 24.4. The Morgan fingerprint density at radius 3 is 2.67 bits per heavy atom. The third kappa shape index (κ3) is 3.46. The summed E-state index contributed by atoms with van der Waals surface area (Å²) >= 11 is 0. The first kappa shape index (κ1) is 15.8. The zero-order valence-electron chi connectivity index (χ0n) is 13.2. The van der Waals surface area contributed by atoms with Crippen LogP contribution in [-0.4, -0.2) is 18.0 Å². The Morgan fingerprint density at radius 2 is 1.88 bits per heavy atom. The molecular formula is C19H17NO4. The van der Waals surface area contributed by atoms with E-state index >= 15 is 0 Å². The first-order chi connectivity index (χ1) is 11.6. The van der Waals surface area contributed by atoms with Crippen LogP contribution in [0.3, 0.4) is 0 Å². The van der Waals surface area contributed by atoms with E-state index in [0.29, 0.717) is 11.3 Å². The highest BCUT2D eigenvalue weighted by atomic mass is 16.5. The Labute approximate surface area is 139 Å². The van der Waals surface area contributed by atoms with Gasteiger partial charge in [0.2, 0.25) is 0 Å². The average molecular weight is 323 g/mol. The second-order valence-corrected chi connectivity index (χ2v) is 5.37. The second-order valence-electron chi connectivity index (χ2n) is 5.37. The maximum absolute atomic E-state index is 12.4. The van der Waals surface area contributed by atoms with Crippen molar-refractivity contribution in [3.05, 3.63) is 72.2 Å². The number of esters is 1. The minimum atomic E-state index is -0.897. The molecule has 0 spiro atoms. The number of ether oxygens (including phenoxy) is 1. The lowest BCUT2D eigenvalue weighted by Crippen LogP contribution is -2.35. The molecule has 0 aliphatic rings. The molecule has 122 valence electrons. The van der Waals surface area contributed by atoms with E-state index in [1.807, 2.05) is 30.3 Å². The van der Waals surface area contributed by atoms with Crippen LogP contribution in [0.2, 0.25) is 0 Å². The van der Waals surface area contributed by atoms with Gasteiger partial charge in [-0.3, -0.25) is 4.79 Å². The van der Waals surface area contributed by atoms with Gasteiger partial charge in [0.1, 0.15) is 5.76 Å². The van der Waals surface area contributed by atoms with Crippen molar-refractivity contribution in [2.24, 2.45) is 0 Å². The lowest BCUT2D eigenvalue weighted by Gasteiger charge is -2.14. The van der Waals surface area contributed by atoms with Gasteiger partial charge in [-0.1, -0.05) is 36.4 Å². The molecule has 24 heavy (non-hydrogen) atoms. The zero-order chi connectivity index (χ0) is 16.9. The van der Waals surface area contributed by atoms with Gasteiger partial charge in [0.25, 0.3) is 5.91 Å². The van der Waals surface area contributed by atoms with Gasteiger partial charge in [0.15, 0.2) is 6.10 Å². The van der Waals surface area contributed by atoms with E-state index in [-0.39, 0.29) is 12.5 Å². The van der Waals surface area contributed by atoms with Crippen molar-refractivity contribution in [1.82, 2.24) is 5.32 Å². The predicted molar refractivity (Wildman–Crippen MR) is 89.4 cm³/mol. The van der Waals surface area contributed by atoms with Crippen LogP contribution in [0.4, 0.5) is 0 Å². The standard InChI is InChI=1S/C19H17NO4/c1-13(18(21)20-12-15-8-5-11-23-15)24-19(22)17-10-4-7-14-6-2-3-9-16(14)17/h2-11,13H,12H2,1H3,(H,20,21). The summed E-state index contributed by atoms with van der Waals surface area (Å²) in [7, 11) is 0. The molecule has 0 saturated heterocycles. The molecule has 0 aliphatic carbocycles. The lowest BCUT2D eigenvalue weighted by atomic mass is 10.0. The summed E-state index contributed by atoms with van der Waals surface area (Å²) in [6.45, 7) is 1.79. The Morgan fingerprint density at radius 1 is 1.08 bits per heavy atom. The van der Waals surface area contributed by atoms with Crippen LogP contribution < -0.4 is 5.32 Å². The van der Waals surface area contributed by atoms with E-state index in [1.54, 1.807) is 31.2 Å². The highest BCUT2D eigenvalue weighted by molar-refractivity contribution is 6.05. The fourth-order valence-corrected chi connectivity index (χ4v) is 2.41. The molecule has 1 amide bonds. The third-order valence-electron chi connectivity index (χ3n) is 3.68. The molecule has 5 nitrogen and oxygen atoms in total. The van der Waals surface area contributed by atoms with Gasteiger partial charge in [0.05, 0.1) is 18.4 Å². The SMILES string of the molecule is CC(OC(=O)c1cccc2ccccc12)C(=O)NCc1ccco1. The van der Waals surface area contributed by atoms with Gasteiger partial charge in [-0.2, -0.15) is 0 Å². The smallest absolute Gasteiger partial charge is 0.339 e. The monoisotopic (exact) mass is 323 g/mol. The Kier molecular flexibility index (Phi) is 4.61. The third-order valence-corrected chi connectivity index (χ3v) is 3.68. The fraction of sp³-hybridized carbons (Fsp3) is 0.158. The maximum atomic E-state index is 12.4. The molecular weight excluding hydrogens is 306 g/mol. The largest absolute Gasteiger partial charge is 0.467 e. The van der Waals surface area contributed by atoms with E-state index in [4.69, 9.17) is 9.15 Å². The number of furan rings is 1. The van der Waals surface area contributed by atoms with E-state index in [9.17, 15) is 9.59 Å². The van der Waals surface area contributed by atoms with Gasteiger partial charge < -0.3 is 14.5 Å². The number of carbonyl (C=O) groups is 2. The van der Waals surface area contributed by atoms with E-state index in [1.165, 1.54) is 6.26 Å². The van der Waals surface area contributed by atoms with Crippen LogP contribution in [0.25, 0.3) is 10.8 Å². The van der Waals surface area contributed by atoms with Crippen molar-refractivity contribution < 1.29 is 18.7 Å². The number of fused-ring (bicyclic) bond motifs is 1. The Hall–Kier alpha value is -3.08. The lowest BCUT2D eigenvalue weighted by molar-refractivity contribution is -0.129. The summed E-state index contributed by atoms with van der Waals surface area (Å²) in [5.41, 5.74) is 0.443. The maximum Gasteiger partial charge on any atom is 0.339 e. The van der Waals surface area contributed by atoms with Crippen molar-refractivity contribution in [2.45, 2.75) is 19.6 Å². The zero-order valence-corrected chi connectivity index (χ0v) is 13.2. The number of nitrogens with one attached hydrogen (secondary N) is 1. The van der Waals surface area contributed by atoms with Crippen LogP contribution in [0, 0.1) is 0 Å². The highest BCUT2D eigenvalue weighted by Crippen LogP contribution is 2.19. The van der Waals surface area contributed by atoms with Crippen molar-refractivity contribution in [3.63, 3.8) is 0 Å². The molecule has 3 rings (SSSR count). The molecule has 1 aromatic heterocycles.